The van der Waals surface area contributed by atoms with Gasteiger partial charge in [0.25, 0.3) is 0 Å². The molecule has 0 heterocycles. The van der Waals surface area contributed by atoms with Crippen molar-refractivity contribution in [3.63, 3.8) is 0 Å². The zero-order chi connectivity index (χ0) is 27.6. The second-order valence-electron chi connectivity index (χ2n) is 8.20. The molecule has 36 heavy (non-hydrogen) atoms. The average molecular weight is 533 g/mol. The third-order valence-electron chi connectivity index (χ3n) is 5.65. The summed E-state index contributed by atoms with van der Waals surface area (Å²) in [5.74, 6) is -25.7. The van der Waals surface area contributed by atoms with Gasteiger partial charge in [-0.25, -0.2) is 43.9 Å². The van der Waals surface area contributed by atoms with E-state index in [4.69, 9.17) is 0 Å². The topological polar surface area (TPSA) is 12.0 Å². The number of halogens is 10. The van der Waals surface area contributed by atoms with E-state index in [1.165, 1.54) is 58.0 Å². The van der Waals surface area contributed by atoms with Crippen LogP contribution in [0.4, 0.5) is 43.9 Å². The summed E-state index contributed by atoms with van der Waals surface area (Å²) in [4.78, 5) is 0. The van der Waals surface area contributed by atoms with E-state index in [0.717, 1.165) is 5.92 Å². The summed E-state index contributed by atoms with van der Waals surface area (Å²) in [6.07, 6.45) is 9.55. The SMILES string of the molecule is CCCCNCCC(CC)CCCC.Fc1c(F)c(F)c(-c2c(F)c(F)c(F)c(F)c2F)c(F)c1F. The highest BCUT2D eigenvalue weighted by molar-refractivity contribution is 5.67. The van der Waals surface area contributed by atoms with Gasteiger partial charge in [0.15, 0.2) is 46.5 Å². The van der Waals surface area contributed by atoms with E-state index < -0.39 is 69.3 Å². The molecule has 2 aromatic carbocycles. The quantitative estimate of drug-likeness (QED) is 0.132. The lowest BCUT2D eigenvalue weighted by Gasteiger charge is -2.14. The Bertz CT molecular complexity index is 884. The van der Waals surface area contributed by atoms with Crippen LogP contribution in [0.1, 0.15) is 65.7 Å². The van der Waals surface area contributed by atoms with Gasteiger partial charge in [-0.1, -0.05) is 52.9 Å². The van der Waals surface area contributed by atoms with Crippen LogP contribution in [0.3, 0.4) is 0 Å². The molecule has 204 valence electrons. The first kappa shape index (κ1) is 31.7. The second kappa shape index (κ2) is 15.1. The van der Waals surface area contributed by atoms with Crippen molar-refractivity contribution in [3.05, 3.63) is 58.2 Å². The molecule has 0 aromatic heterocycles. The van der Waals surface area contributed by atoms with Gasteiger partial charge in [-0.15, -0.1) is 0 Å². The normalized spacial score (nSPS) is 11.9. The van der Waals surface area contributed by atoms with Crippen LogP contribution in [0.25, 0.3) is 11.1 Å². The minimum atomic E-state index is -2.68. The van der Waals surface area contributed by atoms with Crippen LogP contribution in [0.15, 0.2) is 0 Å². The highest BCUT2D eigenvalue weighted by Crippen LogP contribution is 2.37. The maximum atomic E-state index is 13.4. The largest absolute Gasteiger partial charge is 0.317 e. The molecule has 0 saturated carbocycles. The van der Waals surface area contributed by atoms with Crippen molar-refractivity contribution in [2.75, 3.05) is 13.1 Å². The summed E-state index contributed by atoms with van der Waals surface area (Å²) >= 11 is 0. The van der Waals surface area contributed by atoms with Gasteiger partial charge in [-0.2, -0.15) is 0 Å². The standard InChI is InChI=1S/C13H29N.C12F10/c1-4-7-9-13(6-3)10-12-14-11-8-5-2;13-3-1(4(14)8(18)11(21)7(3)17)2-5(15)9(19)12(22)10(20)6(2)16/h13-14H,4-12H2,1-3H3;. The molecule has 11 heteroatoms. The Labute approximate surface area is 203 Å². The Morgan fingerprint density at radius 3 is 1.17 bits per heavy atom. The van der Waals surface area contributed by atoms with Crippen LogP contribution in [0, 0.1) is 64.1 Å². The molecule has 1 atom stereocenters. The third kappa shape index (κ3) is 7.60. The van der Waals surface area contributed by atoms with Gasteiger partial charge in [0.1, 0.15) is 0 Å². The van der Waals surface area contributed by atoms with Crippen molar-refractivity contribution in [3.8, 4) is 11.1 Å². The van der Waals surface area contributed by atoms with Crippen molar-refractivity contribution in [2.24, 2.45) is 5.92 Å². The van der Waals surface area contributed by atoms with Crippen LogP contribution in [0.5, 0.6) is 0 Å². The van der Waals surface area contributed by atoms with Gasteiger partial charge >= 0.3 is 0 Å². The van der Waals surface area contributed by atoms with Crippen LogP contribution >= 0.6 is 0 Å². The summed E-state index contributed by atoms with van der Waals surface area (Å²) in [6, 6.07) is 0. The molecule has 0 bridgehead atoms. The van der Waals surface area contributed by atoms with Gasteiger partial charge in [-0.3, -0.25) is 0 Å². The van der Waals surface area contributed by atoms with Gasteiger partial charge in [-0.05, 0) is 31.8 Å². The Morgan fingerprint density at radius 2 is 0.833 bits per heavy atom. The summed E-state index contributed by atoms with van der Waals surface area (Å²) in [7, 11) is 0. The lowest BCUT2D eigenvalue weighted by molar-refractivity contribution is 0.370. The van der Waals surface area contributed by atoms with Crippen LogP contribution < -0.4 is 5.32 Å². The van der Waals surface area contributed by atoms with E-state index in [-0.39, 0.29) is 0 Å². The van der Waals surface area contributed by atoms with E-state index in [9.17, 15) is 43.9 Å². The van der Waals surface area contributed by atoms with E-state index in [1.807, 2.05) is 0 Å². The molecule has 0 spiro atoms. The zero-order valence-corrected chi connectivity index (χ0v) is 20.2. The van der Waals surface area contributed by atoms with Crippen molar-refractivity contribution < 1.29 is 43.9 Å². The number of hydrogen-bond donors (Lipinski definition) is 1. The van der Waals surface area contributed by atoms with E-state index in [1.54, 1.807) is 0 Å². The van der Waals surface area contributed by atoms with Gasteiger partial charge in [0, 0.05) is 0 Å². The lowest BCUT2D eigenvalue weighted by Crippen LogP contribution is -2.19. The van der Waals surface area contributed by atoms with Crippen LogP contribution in [-0.2, 0) is 0 Å². The number of hydrogen-bond acceptors (Lipinski definition) is 1. The fourth-order valence-electron chi connectivity index (χ4n) is 3.43. The molecule has 0 amide bonds. The Balaban J connectivity index is 0.000000402. The first-order valence-corrected chi connectivity index (χ1v) is 11.7. The molecule has 1 nitrogen and oxygen atoms in total. The van der Waals surface area contributed by atoms with E-state index >= 15 is 0 Å². The predicted octanol–water partition coefficient (Wildman–Crippen LogP) is 8.73. The van der Waals surface area contributed by atoms with Crippen LogP contribution in [0.2, 0.25) is 0 Å². The summed E-state index contributed by atoms with van der Waals surface area (Å²) in [5.41, 5.74) is -4.52. The molecule has 2 rings (SSSR count). The maximum Gasteiger partial charge on any atom is 0.200 e. The predicted molar refractivity (Wildman–Crippen MR) is 117 cm³/mol. The second-order valence-corrected chi connectivity index (χ2v) is 8.20. The molecule has 2 aromatic rings. The fraction of sp³-hybridized carbons (Fsp3) is 0.520. The van der Waals surface area contributed by atoms with Gasteiger partial charge in [0.2, 0.25) is 11.6 Å². The zero-order valence-electron chi connectivity index (χ0n) is 20.2. The van der Waals surface area contributed by atoms with Gasteiger partial charge < -0.3 is 5.32 Å². The molecule has 0 aliphatic rings. The summed E-state index contributed by atoms with van der Waals surface area (Å²) < 4.78 is 131. The monoisotopic (exact) mass is 533 g/mol. The Hall–Kier alpha value is -2.30. The molecular weight excluding hydrogens is 504 g/mol. The van der Waals surface area contributed by atoms with Gasteiger partial charge in [0.05, 0.1) is 11.1 Å². The molecule has 0 radical (unpaired) electrons. The highest BCUT2D eigenvalue weighted by atomic mass is 19.2. The minimum absolute atomic E-state index is 0.962. The van der Waals surface area contributed by atoms with E-state index in [0.29, 0.717) is 0 Å². The van der Waals surface area contributed by atoms with Crippen LogP contribution in [-0.4, -0.2) is 13.1 Å². The molecule has 1 N–H and O–H groups in total. The first-order valence-electron chi connectivity index (χ1n) is 11.7. The maximum absolute atomic E-state index is 13.4. The molecule has 1 unspecified atom stereocenters. The van der Waals surface area contributed by atoms with Crippen molar-refractivity contribution >= 4 is 0 Å². The highest BCUT2D eigenvalue weighted by Gasteiger charge is 2.34. The minimum Gasteiger partial charge on any atom is -0.317 e. The Kier molecular flexibility index (Phi) is 13.3. The molecule has 0 aliphatic carbocycles. The van der Waals surface area contributed by atoms with Crippen molar-refractivity contribution in [2.45, 2.75) is 65.7 Å². The summed E-state index contributed by atoms with van der Waals surface area (Å²) in [5, 5.41) is 3.53. The smallest absolute Gasteiger partial charge is 0.200 e. The van der Waals surface area contributed by atoms with Crippen molar-refractivity contribution in [1.29, 1.82) is 0 Å². The molecule has 0 saturated heterocycles. The number of nitrogens with one attached hydrogen (secondary N) is 1. The third-order valence-corrected chi connectivity index (χ3v) is 5.65. The van der Waals surface area contributed by atoms with E-state index in [2.05, 4.69) is 26.1 Å². The van der Waals surface area contributed by atoms with Crippen molar-refractivity contribution in [1.82, 2.24) is 5.32 Å². The first-order chi connectivity index (χ1) is 17.0. The summed E-state index contributed by atoms with van der Waals surface area (Å²) in [6.45, 7) is 9.29. The lowest BCUT2D eigenvalue weighted by atomic mass is 9.96. The average Bonchev–Trinajstić information content (AvgIpc) is 2.88. The molecule has 0 aliphatic heterocycles. The Morgan fingerprint density at radius 1 is 0.472 bits per heavy atom. The molecular formula is C25H29F10N. The number of rotatable bonds is 11. The fourth-order valence-corrected chi connectivity index (χ4v) is 3.43. The number of unbranched alkanes of at least 4 members (excludes halogenated alkanes) is 2. The molecule has 0 fully saturated rings. The number of benzene rings is 2.